The number of imidazole rings is 1. The summed E-state index contributed by atoms with van der Waals surface area (Å²) in [6.45, 7) is 3.40. The van der Waals surface area contributed by atoms with E-state index in [1.165, 1.54) is 0 Å². The van der Waals surface area contributed by atoms with Gasteiger partial charge in [-0.3, -0.25) is 0 Å². The number of aryl methyl sites for hydroxylation is 1. The Kier molecular flexibility index (Phi) is 3.31. The Balaban J connectivity index is 2.14. The van der Waals surface area contributed by atoms with Crippen molar-refractivity contribution in [3.8, 4) is 11.6 Å². The third-order valence-electron chi connectivity index (χ3n) is 2.18. The number of hydrogen-bond donors (Lipinski definition) is 1. The van der Waals surface area contributed by atoms with E-state index in [2.05, 4.69) is 22.0 Å². The lowest BCUT2D eigenvalue weighted by Gasteiger charge is -1.94. The predicted molar refractivity (Wildman–Crippen MR) is 58.6 cm³/mol. The SMILES string of the molecule is CCCc1noc(-c2cn(CCN)cn2)n1. The first-order valence-corrected chi connectivity index (χ1v) is 5.38. The summed E-state index contributed by atoms with van der Waals surface area (Å²) in [4.78, 5) is 8.45. The summed E-state index contributed by atoms with van der Waals surface area (Å²) >= 11 is 0. The molecule has 0 amide bonds. The van der Waals surface area contributed by atoms with Crippen LogP contribution in [0.5, 0.6) is 0 Å². The minimum atomic E-state index is 0.472. The Labute approximate surface area is 93.5 Å². The van der Waals surface area contributed by atoms with Crippen LogP contribution >= 0.6 is 0 Å². The van der Waals surface area contributed by atoms with Crippen LogP contribution in [0, 0.1) is 0 Å². The molecule has 0 atom stereocenters. The van der Waals surface area contributed by atoms with Gasteiger partial charge in [0, 0.05) is 25.7 Å². The van der Waals surface area contributed by atoms with Crippen LogP contribution in [0.3, 0.4) is 0 Å². The van der Waals surface area contributed by atoms with Gasteiger partial charge in [0.15, 0.2) is 5.82 Å². The molecule has 0 aliphatic carbocycles. The van der Waals surface area contributed by atoms with Gasteiger partial charge in [-0.1, -0.05) is 12.1 Å². The minimum absolute atomic E-state index is 0.472. The van der Waals surface area contributed by atoms with E-state index < -0.39 is 0 Å². The molecule has 0 saturated heterocycles. The van der Waals surface area contributed by atoms with E-state index in [1.807, 2.05) is 10.8 Å². The van der Waals surface area contributed by atoms with E-state index in [-0.39, 0.29) is 0 Å². The van der Waals surface area contributed by atoms with Crippen LogP contribution in [0.4, 0.5) is 0 Å². The average molecular weight is 221 g/mol. The number of aromatic nitrogens is 4. The molecule has 2 rings (SSSR count). The molecule has 2 N–H and O–H groups in total. The lowest BCUT2D eigenvalue weighted by atomic mass is 10.3. The zero-order chi connectivity index (χ0) is 11.4. The summed E-state index contributed by atoms with van der Waals surface area (Å²) in [6.07, 6.45) is 5.40. The molecule has 0 unspecified atom stereocenters. The van der Waals surface area contributed by atoms with E-state index >= 15 is 0 Å². The molecule has 0 spiro atoms. The van der Waals surface area contributed by atoms with Crippen molar-refractivity contribution >= 4 is 0 Å². The molecule has 0 fully saturated rings. The van der Waals surface area contributed by atoms with Crippen LogP contribution in [0.25, 0.3) is 11.6 Å². The van der Waals surface area contributed by atoms with Gasteiger partial charge in [-0.05, 0) is 6.42 Å². The van der Waals surface area contributed by atoms with Crippen LogP contribution in [0.2, 0.25) is 0 Å². The van der Waals surface area contributed by atoms with Crippen molar-refractivity contribution in [2.45, 2.75) is 26.3 Å². The van der Waals surface area contributed by atoms with Crippen molar-refractivity contribution in [2.75, 3.05) is 6.54 Å². The number of hydrogen-bond acceptors (Lipinski definition) is 5. The fourth-order valence-electron chi connectivity index (χ4n) is 1.43. The summed E-state index contributed by atoms with van der Waals surface area (Å²) < 4.78 is 7.03. The van der Waals surface area contributed by atoms with E-state index in [9.17, 15) is 0 Å². The van der Waals surface area contributed by atoms with Gasteiger partial charge in [0.25, 0.3) is 5.89 Å². The Morgan fingerprint density at radius 3 is 3.12 bits per heavy atom. The molecule has 0 saturated carbocycles. The number of rotatable bonds is 5. The Hall–Kier alpha value is -1.69. The monoisotopic (exact) mass is 221 g/mol. The van der Waals surface area contributed by atoms with Crippen LogP contribution in [0.15, 0.2) is 17.0 Å². The van der Waals surface area contributed by atoms with Crippen molar-refractivity contribution in [1.29, 1.82) is 0 Å². The fraction of sp³-hybridized carbons (Fsp3) is 0.500. The van der Waals surface area contributed by atoms with Gasteiger partial charge in [-0.2, -0.15) is 4.98 Å². The third kappa shape index (κ3) is 2.27. The zero-order valence-electron chi connectivity index (χ0n) is 9.26. The van der Waals surface area contributed by atoms with Crippen LogP contribution in [0.1, 0.15) is 19.2 Å². The highest BCUT2D eigenvalue weighted by Crippen LogP contribution is 2.14. The van der Waals surface area contributed by atoms with Gasteiger partial charge in [0.1, 0.15) is 5.69 Å². The van der Waals surface area contributed by atoms with Crippen LogP contribution < -0.4 is 5.73 Å². The molecule has 0 aromatic carbocycles. The standard InChI is InChI=1S/C10H15N5O/c1-2-3-9-13-10(16-14-9)8-6-15(5-4-11)7-12-8/h6-7H,2-5,11H2,1H3. The quantitative estimate of drug-likeness (QED) is 0.809. The van der Waals surface area contributed by atoms with Gasteiger partial charge >= 0.3 is 0 Å². The zero-order valence-corrected chi connectivity index (χ0v) is 9.26. The molecule has 86 valence electrons. The maximum Gasteiger partial charge on any atom is 0.278 e. The lowest BCUT2D eigenvalue weighted by Crippen LogP contribution is -2.07. The van der Waals surface area contributed by atoms with Crippen molar-refractivity contribution < 1.29 is 4.52 Å². The molecule has 16 heavy (non-hydrogen) atoms. The first-order chi connectivity index (χ1) is 7.83. The summed E-state index contributed by atoms with van der Waals surface area (Å²) in [5.74, 6) is 1.20. The largest absolute Gasteiger partial charge is 0.335 e. The van der Waals surface area contributed by atoms with Crippen molar-refractivity contribution in [2.24, 2.45) is 5.73 Å². The molecule has 0 radical (unpaired) electrons. The highest BCUT2D eigenvalue weighted by atomic mass is 16.5. The first-order valence-electron chi connectivity index (χ1n) is 5.38. The second kappa shape index (κ2) is 4.89. The molecular weight excluding hydrogens is 206 g/mol. The van der Waals surface area contributed by atoms with E-state index in [4.69, 9.17) is 10.3 Å². The summed E-state index contributed by atoms with van der Waals surface area (Å²) in [5.41, 5.74) is 6.15. The van der Waals surface area contributed by atoms with Crippen LogP contribution in [-0.2, 0) is 13.0 Å². The minimum Gasteiger partial charge on any atom is -0.335 e. The molecule has 0 bridgehead atoms. The predicted octanol–water partition coefficient (Wildman–Crippen LogP) is 0.844. The molecule has 2 heterocycles. The maximum absolute atomic E-state index is 5.45. The molecule has 6 nitrogen and oxygen atoms in total. The average Bonchev–Trinajstić information content (AvgIpc) is 2.87. The molecule has 2 aromatic heterocycles. The first kappa shape index (κ1) is 10.8. The van der Waals surface area contributed by atoms with Crippen molar-refractivity contribution in [1.82, 2.24) is 19.7 Å². The second-order valence-electron chi connectivity index (χ2n) is 3.55. The maximum atomic E-state index is 5.45. The highest BCUT2D eigenvalue weighted by molar-refractivity contribution is 5.44. The van der Waals surface area contributed by atoms with Gasteiger partial charge in [-0.25, -0.2) is 4.98 Å². The normalized spacial score (nSPS) is 10.9. The van der Waals surface area contributed by atoms with Crippen LogP contribution in [-0.4, -0.2) is 26.2 Å². The highest BCUT2D eigenvalue weighted by Gasteiger charge is 2.10. The molecule has 0 aliphatic rings. The topological polar surface area (TPSA) is 82.8 Å². The molecule has 2 aromatic rings. The van der Waals surface area contributed by atoms with E-state index in [0.717, 1.165) is 25.2 Å². The number of nitrogens with two attached hydrogens (primary N) is 1. The third-order valence-corrected chi connectivity index (χ3v) is 2.18. The molecular formula is C10H15N5O. The summed E-state index contributed by atoms with van der Waals surface area (Å²) in [7, 11) is 0. The van der Waals surface area contributed by atoms with Crippen molar-refractivity contribution in [3.63, 3.8) is 0 Å². The van der Waals surface area contributed by atoms with E-state index in [0.29, 0.717) is 18.1 Å². The van der Waals surface area contributed by atoms with E-state index in [1.54, 1.807) is 6.33 Å². The summed E-state index contributed by atoms with van der Waals surface area (Å²) in [6, 6.07) is 0. The second-order valence-corrected chi connectivity index (χ2v) is 3.55. The Bertz CT molecular complexity index is 405. The van der Waals surface area contributed by atoms with Gasteiger partial charge < -0.3 is 14.8 Å². The Morgan fingerprint density at radius 1 is 1.50 bits per heavy atom. The Morgan fingerprint density at radius 2 is 2.38 bits per heavy atom. The molecule has 0 aliphatic heterocycles. The van der Waals surface area contributed by atoms with Crippen molar-refractivity contribution in [3.05, 3.63) is 18.3 Å². The molecule has 6 heteroatoms. The van der Waals surface area contributed by atoms with Gasteiger partial charge in [-0.15, -0.1) is 0 Å². The smallest absolute Gasteiger partial charge is 0.278 e. The fourth-order valence-corrected chi connectivity index (χ4v) is 1.43. The summed E-state index contributed by atoms with van der Waals surface area (Å²) in [5, 5.41) is 3.88. The number of nitrogens with zero attached hydrogens (tertiary/aromatic N) is 4. The van der Waals surface area contributed by atoms with Gasteiger partial charge in [0.2, 0.25) is 0 Å². The lowest BCUT2D eigenvalue weighted by molar-refractivity contribution is 0.421. The van der Waals surface area contributed by atoms with Gasteiger partial charge in [0.05, 0.1) is 6.33 Å².